The molecule has 2 nitrogen and oxygen atoms in total. The van der Waals surface area contributed by atoms with E-state index in [2.05, 4.69) is 27.7 Å². The van der Waals surface area contributed by atoms with Crippen molar-refractivity contribution in [3.8, 4) is 0 Å². The number of piperidine rings is 1. The lowest BCUT2D eigenvalue weighted by Crippen LogP contribution is -2.60. The minimum atomic E-state index is -0.0155. The Morgan fingerprint density at radius 1 is 1.13 bits per heavy atom. The van der Waals surface area contributed by atoms with Gasteiger partial charge in [-0.15, -0.1) is 0 Å². The molecule has 1 fully saturated rings. The highest BCUT2D eigenvalue weighted by Gasteiger charge is 2.43. The maximum Gasteiger partial charge on any atom is 0.247 e. The summed E-state index contributed by atoms with van der Waals surface area (Å²) in [7, 11) is 0. The molecule has 1 aliphatic heterocycles. The molecule has 1 aliphatic rings. The SMILES string of the molecule is C/C=C/C(=O)N1C(C)(C)CCCC1(C)C. The normalized spacial score (nSPS) is 24.5. The van der Waals surface area contributed by atoms with Gasteiger partial charge in [-0.1, -0.05) is 6.08 Å². The van der Waals surface area contributed by atoms with Crippen molar-refractivity contribution in [1.82, 2.24) is 4.90 Å². The first-order chi connectivity index (χ1) is 6.81. The molecule has 0 radical (unpaired) electrons. The molecular formula is C13H23NO. The highest BCUT2D eigenvalue weighted by Crippen LogP contribution is 2.38. The second kappa shape index (κ2) is 3.99. The second-order valence-electron chi connectivity index (χ2n) is 5.65. The summed E-state index contributed by atoms with van der Waals surface area (Å²) in [5.74, 6) is 0.146. The largest absolute Gasteiger partial charge is 0.329 e. The molecule has 0 aromatic carbocycles. The number of nitrogens with zero attached hydrogens (tertiary/aromatic N) is 1. The number of hydrogen-bond donors (Lipinski definition) is 0. The van der Waals surface area contributed by atoms with Crippen LogP contribution in [0.25, 0.3) is 0 Å². The van der Waals surface area contributed by atoms with Crippen LogP contribution in [0.15, 0.2) is 12.2 Å². The molecule has 0 atom stereocenters. The zero-order chi connectivity index (χ0) is 11.7. The van der Waals surface area contributed by atoms with Gasteiger partial charge in [0, 0.05) is 11.1 Å². The highest BCUT2D eigenvalue weighted by atomic mass is 16.2. The summed E-state index contributed by atoms with van der Waals surface area (Å²) in [4.78, 5) is 14.1. The lowest BCUT2D eigenvalue weighted by atomic mass is 9.79. The Hall–Kier alpha value is -0.790. The molecule has 0 saturated carbocycles. The van der Waals surface area contributed by atoms with E-state index in [9.17, 15) is 4.79 Å². The quantitative estimate of drug-likeness (QED) is 0.608. The van der Waals surface area contributed by atoms with E-state index in [0.29, 0.717) is 0 Å². The fraction of sp³-hybridized carbons (Fsp3) is 0.769. The monoisotopic (exact) mass is 209 g/mol. The van der Waals surface area contributed by atoms with Gasteiger partial charge in [-0.25, -0.2) is 0 Å². The molecule has 1 amide bonds. The Kier molecular flexibility index (Phi) is 3.27. The van der Waals surface area contributed by atoms with E-state index in [1.165, 1.54) is 6.42 Å². The summed E-state index contributed by atoms with van der Waals surface area (Å²) in [6.07, 6.45) is 6.90. The van der Waals surface area contributed by atoms with Gasteiger partial charge >= 0.3 is 0 Å². The van der Waals surface area contributed by atoms with Gasteiger partial charge in [0.1, 0.15) is 0 Å². The number of amides is 1. The first-order valence-corrected chi connectivity index (χ1v) is 5.78. The van der Waals surface area contributed by atoms with Crippen LogP contribution in [-0.2, 0) is 4.79 Å². The van der Waals surface area contributed by atoms with Crippen LogP contribution in [0, 0.1) is 0 Å². The average molecular weight is 209 g/mol. The van der Waals surface area contributed by atoms with E-state index in [4.69, 9.17) is 0 Å². The van der Waals surface area contributed by atoms with E-state index in [0.717, 1.165) is 12.8 Å². The van der Waals surface area contributed by atoms with E-state index >= 15 is 0 Å². The lowest BCUT2D eigenvalue weighted by Gasteiger charge is -2.52. The van der Waals surface area contributed by atoms with Crippen molar-refractivity contribution in [3.05, 3.63) is 12.2 Å². The van der Waals surface area contributed by atoms with Gasteiger partial charge in [0.2, 0.25) is 5.91 Å². The Morgan fingerprint density at radius 3 is 2.00 bits per heavy atom. The van der Waals surface area contributed by atoms with Gasteiger partial charge < -0.3 is 4.90 Å². The molecule has 0 bridgehead atoms. The number of carbonyl (C=O) groups excluding carboxylic acids is 1. The minimum absolute atomic E-state index is 0.0155. The van der Waals surface area contributed by atoms with Gasteiger partial charge in [-0.3, -0.25) is 4.79 Å². The third-order valence-electron chi connectivity index (χ3n) is 3.32. The van der Waals surface area contributed by atoms with Gasteiger partial charge in [-0.05, 0) is 60.0 Å². The van der Waals surface area contributed by atoms with Crippen LogP contribution in [0.1, 0.15) is 53.9 Å². The molecular weight excluding hydrogens is 186 g/mol. The fourth-order valence-electron chi connectivity index (χ4n) is 2.81. The predicted molar refractivity (Wildman–Crippen MR) is 63.7 cm³/mol. The Labute approximate surface area is 93.3 Å². The zero-order valence-corrected chi connectivity index (χ0v) is 10.6. The molecule has 0 aliphatic carbocycles. The van der Waals surface area contributed by atoms with Crippen molar-refractivity contribution in [3.63, 3.8) is 0 Å². The van der Waals surface area contributed by atoms with E-state index in [1.807, 2.05) is 17.9 Å². The maximum atomic E-state index is 12.1. The fourth-order valence-corrected chi connectivity index (χ4v) is 2.81. The van der Waals surface area contributed by atoms with E-state index in [-0.39, 0.29) is 17.0 Å². The van der Waals surface area contributed by atoms with Crippen molar-refractivity contribution in [2.45, 2.75) is 65.0 Å². The Bertz CT molecular complexity index is 260. The molecule has 86 valence electrons. The van der Waals surface area contributed by atoms with Crippen LogP contribution in [0.3, 0.4) is 0 Å². The molecule has 1 rings (SSSR count). The summed E-state index contributed by atoms with van der Waals surface area (Å²) < 4.78 is 0. The van der Waals surface area contributed by atoms with Crippen LogP contribution < -0.4 is 0 Å². The number of allylic oxidation sites excluding steroid dienone is 1. The first kappa shape index (κ1) is 12.3. The summed E-state index contributed by atoms with van der Waals surface area (Å²) in [5, 5.41) is 0. The molecule has 1 heterocycles. The summed E-state index contributed by atoms with van der Waals surface area (Å²) in [6, 6.07) is 0. The second-order valence-corrected chi connectivity index (χ2v) is 5.65. The molecule has 1 saturated heterocycles. The van der Waals surface area contributed by atoms with Crippen molar-refractivity contribution in [1.29, 1.82) is 0 Å². The van der Waals surface area contributed by atoms with Crippen LogP contribution in [0.2, 0.25) is 0 Å². The average Bonchev–Trinajstić information content (AvgIpc) is 2.00. The minimum Gasteiger partial charge on any atom is -0.329 e. The van der Waals surface area contributed by atoms with Gasteiger partial charge in [0.05, 0.1) is 0 Å². The molecule has 0 spiro atoms. The van der Waals surface area contributed by atoms with Crippen molar-refractivity contribution in [2.24, 2.45) is 0 Å². The molecule has 0 unspecified atom stereocenters. The van der Waals surface area contributed by atoms with Crippen LogP contribution >= 0.6 is 0 Å². The summed E-state index contributed by atoms with van der Waals surface area (Å²) in [5.41, 5.74) is -0.0311. The molecule has 0 aromatic rings. The predicted octanol–water partition coefficient (Wildman–Crippen LogP) is 3.13. The maximum absolute atomic E-state index is 12.1. The van der Waals surface area contributed by atoms with Gasteiger partial charge in [0.15, 0.2) is 0 Å². The van der Waals surface area contributed by atoms with Crippen molar-refractivity contribution in [2.75, 3.05) is 0 Å². The summed E-state index contributed by atoms with van der Waals surface area (Å²) >= 11 is 0. The third kappa shape index (κ3) is 2.42. The van der Waals surface area contributed by atoms with Crippen molar-refractivity contribution < 1.29 is 4.79 Å². The van der Waals surface area contributed by atoms with Crippen LogP contribution in [0.4, 0.5) is 0 Å². The van der Waals surface area contributed by atoms with Crippen molar-refractivity contribution >= 4 is 5.91 Å². The van der Waals surface area contributed by atoms with E-state index in [1.54, 1.807) is 6.08 Å². The highest BCUT2D eigenvalue weighted by molar-refractivity contribution is 5.88. The zero-order valence-electron chi connectivity index (χ0n) is 10.6. The topological polar surface area (TPSA) is 20.3 Å². The number of carbonyl (C=O) groups is 1. The molecule has 2 heteroatoms. The smallest absolute Gasteiger partial charge is 0.247 e. The van der Waals surface area contributed by atoms with E-state index < -0.39 is 0 Å². The number of hydrogen-bond acceptors (Lipinski definition) is 1. The molecule has 15 heavy (non-hydrogen) atoms. The molecule has 0 N–H and O–H groups in total. The standard InChI is InChI=1S/C13H23NO/c1-6-8-11(15)14-12(2,3)9-7-10-13(14,4)5/h6,8H,7,9-10H2,1-5H3/b8-6+. The Morgan fingerprint density at radius 2 is 1.60 bits per heavy atom. The third-order valence-corrected chi connectivity index (χ3v) is 3.32. The first-order valence-electron chi connectivity index (χ1n) is 5.78. The van der Waals surface area contributed by atoms with Gasteiger partial charge in [0.25, 0.3) is 0 Å². The Balaban J connectivity index is 3.01. The summed E-state index contributed by atoms with van der Waals surface area (Å²) in [6.45, 7) is 10.5. The van der Waals surface area contributed by atoms with Gasteiger partial charge in [-0.2, -0.15) is 0 Å². The van der Waals surface area contributed by atoms with Crippen LogP contribution in [0.5, 0.6) is 0 Å². The lowest BCUT2D eigenvalue weighted by molar-refractivity contribution is -0.143. The number of likely N-dealkylation sites (tertiary alicyclic amines) is 1. The number of rotatable bonds is 1. The van der Waals surface area contributed by atoms with Crippen LogP contribution in [-0.4, -0.2) is 21.9 Å². The molecule has 0 aromatic heterocycles.